The summed E-state index contributed by atoms with van der Waals surface area (Å²) in [5, 5.41) is 7.19. The van der Waals surface area contributed by atoms with Gasteiger partial charge in [0.1, 0.15) is 0 Å². The third-order valence-electron chi connectivity index (χ3n) is 4.07. The van der Waals surface area contributed by atoms with Crippen LogP contribution < -0.4 is 10.6 Å². The van der Waals surface area contributed by atoms with Crippen molar-refractivity contribution in [2.24, 2.45) is 11.3 Å². The Kier molecular flexibility index (Phi) is 4.62. The molecule has 3 nitrogen and oxygen atoms in total. The molecule has 0 radical (unpaired) electrons. The Bertz CT molecular complexity index is 196. The second kappa shape index (κ2) is 5.99. The van der Waals surface area contributed by atoms with Crippen molar-refractivity contribution >= 4 is 0 Å². The minimum atomic E-state index is 0.536. The van der Waals surface area contributed by atoms with Crippen LogP contribution >= 0.6 is 0 Å². The summed E-state index contributed by atoms with van der Waals surface area (Å²) in [6.45, 7) is 8.96. The Balaban J connectivity index is 1.69. The van der Waals surface area contributed by atoms with Crippen molar-refractivity contribution in [2.45, 2.75) is 32.6 Å². The van der Waals surface area contributed by atoms with Crippen LogP contribution in [0.2, 0.25) is 0 Å². The summed E-state index contributed by atoms with van der Waals surface area (Å²) in [6.07, 6.45) is 5.24. The first kappa shape index (κ1) is 12.3. The van der Waals surface area contributed by atoms with Crippen LogP contribution in [0.5, 0.6) is 0 Å². The van der Waals surface area contributed by atoms with Crippen LogP contribution in [-0.4, -0.2) is 39.4 Å². The normalized spacial score (nSPS) is 34.7. The number of nitrogens with one attached hydrogen (secondary N) is 2. The highest BCUT2D eigenvalue weighted by atomic mass is 16.5. The van der Waals surface area contributed by atoms with Gasteiger partial charge in [-0.3, -0.25) is 0 Å². The van der Waals surface area contributed by atoms with Gasteiger partial charge in [-0.1, -0.05) is 13.3 Å². The van der Waals surface area contributed by atoms with E-state index in [1.54, 1.807) is 0 Å². The predicted octanol–water partition coefficient (Wildman–Crippen LogP) is 1.39. The molecule has 2 unspecified atom stereocenters. The molecule has 2 heterocycles. The van der Waals surface area contributed by atoms with E-state index >= 15 is 0 Å². The minimum Gasteiger partial charge on any atom is -0.381 e. The van der Waals surface area contributed by atoms with Gasteiger partial charge in [0.05, 0.1) is 6.61 Å². The molecule has 94 valence electrons. The summed E-state index contributed by atoms with van der Waals surface area (Å²) in [6, 6.07) is 0. The molecular formula is C13H26N2O. The highest BCUT2D eigenvalue weighted by Gasteiger charge is 2.32. The highest BCUT2D eigenvalue weighted by molar-refractivity contribution is 4.89. The Labute approximate surface area is 99.3 Å². The fourth-order valence-corrected chi connectivity index (χ4v) is 3.06. The lowest BCUT2D eigenvalue weighted by Crippen LogP contribution is -2.38. The van der Waals surface area contributed by atoms with Gasteiger partial charge in [0.2, 0.25) is 0 Å². The van der Waals surface area contributed by atoms with Gasteiger partial charge in [-0.15, -0.1) is 0 Å². The standard InChI is InChI=1S/C13H26N2O/c1-2-4-13(5-6-14-10-13)11-15-8-12-3-7-16-9-12/h12,14-15H,2-11H2,1H3. The average Bonchev–Trinajstić information content (AvgIpc) is 2.90. The van der Waals surface area contributed by atoms with Crippen LogP contribution in [0, 0.1) is 11.3 Å². The minimum absolute atomic E-state index is 0.536. The lowest BCUT2D eigenvalue weighted by molar-refractivity contribution is 0.183. The van der Waals surface area contributed by atoms with E-state index in [1.165, 1.54) is 45.3 Å². The van der Waals surface area contributed by atoms with Gasteiger partial charge >= 0.3 is 0 Å². The summed E-state index contributed by atoms with van der Waals surface area (Å²) < 4.78 is 5.40. The maximum atomic E-state index is 5.40. The van der Waals surface area contributed by atoms with Crippen LogP contribution in [0.25, 0.3) is 0 Å². The first-order valence-corrected chi connectivity index (χ1v) is 6.84. The summed E-state index contributed by atoms with van der Waals surface area (Å²) in [5.74, 6) is 0.757. The largest absolute Gasteiger partial charge is 0.381 e. The maximum absolute atomic E-state index is 5.40. The molecule has 0 bridgehead atoms. The van der Waals surface area contributed by atoms with Crippen LogP contribution in [0.15, 0.2) is 0 Å². The van der Waals surface area contributed by atoms with Gasteiger partial charge in [-0.2, -0.15) is 0 Å². The molecule has 2 rings (SSSR count). The lowest BCUT2D eigenvalue weighted by Gasteiger charge is -2.28. The molecule has 0 spiro atoms. The van der Waals surface area contributed by atoms with Crippen LogP contribution in [-0.2, 0) is 4.74 Å². The zero-order valence-electron chi connectivity index (χ0n) is 10.6. The quantitative estimate of drug-likeness (QED) is 0.718. The first-order valence-electron chi connectivity index (χ1n) is 6.84. The molecule has 0 saturated carbocycles. The van der Waals surface area contributed by atoms with Gasteiger partial charge in [-0.05, 0) is 37.1 Å². The van der Waals surface area contributed by atoms with Crippen molar-refractivity contribution in [3.05, 3.63) is 0 Å². The van der Waals surface area contributed by atoms with Gasteiger partial charge < -0.3 is 15.4 Å². The average molecular weight is 226 g/mol. The van der Waals surface area contributed by atoms with Gasteiger partial charge in [0, 0.05) is 26.2 Å². The van der Waals surface area contributed by atoms with Crippen LogP contribution in [0.3, 0.4) is 0 Å². The van der Waals surface area contributed by atoms with E-state index in [2.05, 4.69) is 17.6 Å². The van der Waals surface area contributed by atoms with E-state index in [-0.39, 0.29) is 0 Å². The molecule has 0 aromatic carbocycles. The molecule has 3 heteroatoms. The van der Waals surface area contributed by atoms with Crippen molar-refractivity contribution in [1.82, 2.24) is 10.6 Å². The monoisotopic (exact) mass is 226 g/mol. The van der Waals surface area contributed by atoms with Crippen LogP contribution in [0.1, 0.15) is 32.6 Å². The molecule has 2 atom stereocenters. The van der Waals surface area contributed by atoms with Crippen molar-refractivity contribution in [3.63, 3.8) is 0 Å². The zero-order chi connectivity index (χ0) is 11.3. The van der Waals surface area contributed by atoms with Crippen molar-refractivity contribution < 1.29 is 4.74 Å². The Morgan fingerprint density at radius 2 is 2.44 bits per heavy atom. The van der Waals surface area contributed by atoms with E-state index < -0.39 is 0 Å². The molecule has 2 aliphatic rings. The smallest absolute Gasteiger partial charge is 0.0507 e. The number of ether oxygens (including phenoxy) is 1. The number of hydrogen-bond donors (Lipinski definition) is 2. The van der Waals surface area contributed by atoms with Gasteiger partial charge in [0.25, 0.3) is 0 Å². The van der Waals surface area contributed by atoms with E-state index in [1.807, 2.05) is 0 Å². The molecule has 2 fully saturated rings. The molecule has 16 heavy (non-hydrogen) atoms. The van der Waals surface area contributed by atoms with Gasteiger partial charge in [-0.25, -0.2) is 0 Å². The zero-order valence-corrected chi connectivity index (χ0v) is 10.6. The fourth-order valence-electron chi connectivity index (χ4n) is 3.06. The van der Waals surface area contributed by atoms with Crippen molar-refractivity contribution in [3.8, 4) is 0 Å². The molecule has 0 amide bonds. The van der Waals surface area contributed by atoms with E-state index in [9.17, 15) is 0 Å². The first-order chi connectivity index (χ1) is 7.85. The summed E-state index contributed by atoms with van der Waals surface area (Å²) >= 11 is 0. The van der Waals surface area contributed by atoms with Crippen molar-refractivity contribution in [2.75, 3.05) is 39.4 Å². The second-order valence-electron chi connectivity index (χ2n) is 5.54. The molecule has 2 N–H and O–H groups in total. The van der Waals surface area contributed by atoms with Crippen molar-refractivity contribution in [1.29, 1.82) is 0 Å². The third-order valence-corrected chi connectivity index (χ3v) is 4.07. The maximum Gasteiger partial charge on any atom is 0.0507 e. The molecule has 0 aliphatic carbocycles. The topological polar surface area (TPSA) is 33.3 Å². The second-order valence-corrected chi connectivity index (χ2v) is 5.54. The third kappa shape index (κ3) is 3.19. The molecule has 2 aliphatic heterocycles. The van der Waals surface area contributed by atoms with E-state index in [4.69, 9.17) is 4.74 Å². The Morgan fingerprint density at radius 1 is 1.50 bits per heavy atom. The SMILES string of the molecule is CCCC1(CNCC2CCOC2)CCNC1. The summed E-state index contributed by atoms with van der Waals surface area (Å²) in [5.41, 5.74) is 0.536. The lowest BCUT2D eigenvalue weighted by atomic mass is 9.82. The Hall–Kier alpha value is -0.120. The molecule has 0 aromatic heterocycles. The van der Waals surface area contributed by atoms with Crippen LogP contribution in [0.4, 0.5) is 0 Å². The molecule has 2 saturated heterocycles. The Morgan fingerprint density at radius 3 is 3.06 bits per heavy atom. The summed E-state index contributed by atoms with van der Waals surface area (Å²) in [7, 11) is 0. The van der Waals surface area contributed by atoms with E-state index in [0.717, 1.165) is 25.7 Å². The molecule has 0 aromatic rings. The number of hydrogen-bond acceptors (Lipinski definition) is 3. The summed E-state index contributed by atoms with van der Waals surface area (Å²) in [4.78, 5) is 0. The van der Waals surface area contributed by atoms with E-state index in [0.29, 0.717) is 5.41 Å². The molecular weight excluding hydrogens is 200 g/mol. The fraction of sp³-hybridized carbons (Fsp3) is 1.00. The number of rotatable bonds is 6. The van der Waals surface area contributed by atoms with Gasteiger partial charge in [0.15, 0.2) is 0 Å². The highest BCUT2D eigenvalue weighted by Crippen LogP contribution is 2.30. The predicted molar refractivity (Wildman–Crippen MR) is 66.6 cm³/mol.